The SMILES string of the molecule is O.O.O.O.O.O.O=S(=O)([O-])[O-].O=S(=O)([O-])[O-].[Ti+4]. The topological polar surface area (TPSA) is 350 Å². The Kier molecular flexibility index (Phi) is 99.3. The van der Waals surface area contributed by atoms with Crippen LogP contribution in [-0.4, -0.2) is 67.9 Å². The summed E-state index contributed by atoms with van der Waals surface area (Å²) in [6.07, 6.45) is 0. The molecule has 0 bridgehead atoms. The third-order valence-electron chi connectivity index (χ3n) is 0. The van der Waals surface area contributed by atoms with Crippen LogP contribution in [-0.2, 0) is 42.5 Å². The molecule has 0 fully saturated rings. The molecule has 0 aromatic heterocycles. The molecule has 0 aromatic rings. The molecule has 0 aliphatic rings. The summed E-state index contributed by atoms with van der Waals surface area (Å²) in [5.74, 6) is 0. The summed E-state index contributed by atoms with van der Waals surface area (Å²) < 4.78 is 68.2. The van der Waals surface area contributed by atoms with Crippen molar-refractivity contribution >= 4 is 20.8 Å². The Bertz CT molecular complexity index is 211. The maximum absolute atomic E-state index is 8.52. The van der Waals surface area contributed by atoms with Gasteiger partial charge in [0.25, 0.3) is 0 Å². The van der Waals surface area contributed by atoms with E-state index in [0.717, 1.165) is 0 Å². The van der Waals surface area contributed by atoms with Crippen molar-refractivity contribution in [2.24, 2.45) is 0 Å². The first-order chi connectivity index (χ1) is 4.00. The van der Waals surface area contributed by atoms with E-state index in [4.69, 9.17) is 35.0 Å². The zero-order valence-corrected chi connectivity index (χ0v) is 10.8. The molecule has 0 heterocycles. The van der Waals surface area contributed by atoms with Crippen LogP contribution in [0.1, 0.15) is 0 Å². The Balaban J connectivity index is -0.00000000762. The number of rotatable bonds is 0. The van der Waals surface area contributed by atoms with Crippen LogP contribution in [0.5, 0.6) is 0 Å². The molecule has 0 radical (unpaired) electrons. The average molecular weight is 348 g/mol. The first kappa shape index (κ1) is 67.1. The van der Waals surface area contributed by atoms with Crippen LogP contribution in [0.25, 0.3) is 0 Å². The van der Waals surface area contributed by atoms with Gasteiger partial charge in [0.1, 0.15) is 0 Å². The van der Waals surface area contributed by atoms with Crippen LogP contribution >= 0.6 is 0 Å². The molecule has 0 saturated carbocycles. The van der Waals surface area contributed by atoms with Crippen molar-refractivity contribution in [3.8, 4) is 0 Å². The van der Waals surface area contributed by atoms with E-state index >= 15 is 0 Å². The maximum atomic E-state index is 8.52. The minimum atomic E-state index is -5.17. The van der Waals surface area contributed by atoms with Gasteiger partial charge in [-0.1, -0.05) is 0 Å². The predicted octanol–water partition coefficient (Wildman–Crippen LogP) is -7.63. The summed E-state index contributed by atoms with van der Waals surface area (Å²) in [7, 11) is -10.3. The molecule has 17 heavy (non-hydrogen) atoms. The summed E-state index contributed by atoms with van der Waals surface area (Å²) >= 11 is 0. The van der Waals surface area contributed by atoms with Gasteiger partial charge in [-0.25, -0.2) is 0 Å². The van der Waals surface area contributed by atoms with Crippen molar-refractivity contribution in [3.63, 3.8) is 0 Å². The van der Waals surface area contributed by atoms with Crippen molar-refractivity contribution in [1.29, 1.82) is 0 Å². The fraction of sp³-hybridized carbons (Fsp3) is 0. The van der Waals surface area contributed by atoms with E-state index in [-0.39, 0.29) is 54.6 Å². The standard InChI is InChI=1S/2H2O4S.6H2O.Ti/c2*1-5(2,3)4;;;;;;;/h2*(H2,1,2,3,4);6*1H2;/q;;;;;;;;+4/p-4. The van der Waals surface area contributed by atoms with Crippen molar-refractivity contribution < 1.29 is 89.6 Å². The largest absolute Gasteiger partial charge is 4.00 e. The van der Waals surface area contributed by atoms with Crippen LogP contribution in [0, 0.1) is 0 Å². The van der Waals surface area contributed by atoms with Crippen molar-refractivity contribution in [2.75, 3.05) is 0 Å². The number of hydrogen-bond acceptors (Lipinski definition) is 8. The zero-order valence-electron chi connectivity index (χ0n) is 7.58. The van der Waals surface area contributed by atoms with Crippen molar-refractivity contribution in [1.82, 2.24) is 0 Å². The van der Waals surface area contributed by atoms with Gasteiger partial charge in [0.15, 0.2) is 0 Å². The first-order valence-electron chi connectivity index (χ1n) is 1.33. The van der Waals surface area contributed by atoms with Gasteiger partial charge in [-0.05, 0) is 0 Å². The smallest absolute Gasteiger partial charge is 0.759 e. The molecule has 0 aliphatic heterocycles. The van der Waals surface area contributed by atoms with E-state index < -0.39 is 20.8 Å². The second-order valence-corrected chi connectivity index (χ2v) is 2.45. The van der Waals surface area contributed by atoms with Gasteiger partial charge < -0.3 is 51.1 Å². The summed E-state index contributed by atoms with van der Waals surface area (Å²) in [4.78, 5) is 0. The quantitative estimate of drug-likeness (QED) is 0.229. The van der Waals surface area contributed by atoms with Crippen molar-refractivity contribution in [3.05, 3.63) is 0 Å². The summed E-state index contributed by atoms with van der Waals surface area (Å²) in [5, 5.41) is 0. The zero-order chi connectivity index (χ0) is 9.00. The van der Waals surface area contributed by atoms with Gasteiger partial charge in [0.2, 0.25) is 0 Å². The average Bonchev–Trinajstić information content (AvgIpc) is 1.12. The molecule has 12 N–H and O–H groups in total. The van der Waals surface area contributed by atoms with Crippen LogP contribution in [0.4, 0.5) is 0 Å². The van der Waals surface area contributed by atoms with E-state index in [0.29, 0.717) is 0 Å². The third kappa shape index (κ3) is 71300. The van der Waals surface area contributed by atoms with Crippen LogP contribution in [0.3, 0.4) is 0 Å². The Hall–Kier alpha value is 0.214. The van der Waals surface area contributed by atoms with Gasteiger partial charge in [0, 0.05) is 20.8 Å². The minimum absolute atomic E-state index is 0. The molecule has 14 nitrogen and oxygen atoms in total. The van der Waals surface area contributed by atoms with Gasteiger partial charge in [-0.2, -0.15) is 0 Å². The Morgan fingerprint density at radius 1 is 0.471 bits per heavy atom. The molecule has 112 valence electrons. The molecule has 0 rings (SSSR count). The van der Waals surface area contributed by atoms with Crippen molar-refractivity contribution in [2.45, 2.75) is 0 Å². The third-order valence-corrected chi connectivity index (χ3v) is 0. The summed E-state index contributed by atoms with van der Waals surface area (Å²) in [6, 6.07) is 0. The summed E-state index contributed by atoms with van der Waals surface area (Å²) in [6.45, 7) is 0. The van der Waals surface area contributed by atoms with E-state index in [1.54, 1.807) is 0 Å². The maximum Gasteiger partial charge on any atom is 4.00 e. The Morgan fingerprint density at radius 2 is 0.471 bits per heavy atom. The second-order valence-electron chi connectivity index (χ2n) is 0.816. The Labute approximate surface area is 111 Å². The molecular weight excluding hydrogens is 336 g/mol. The first-order valence-corrected chi connectivity index (χ1v) is 4.00. The van der Waals surface area contributed by atoms with Crippen LogP contribution in [0.2, 0.25) is 0 Å². The monoisotopic (exact) mass is 348 g/mol. The van der Waals surface area contributed by atoms with Gasteiger partial charge in [-0.3, -0.25) is 16.8 Å². The fourth-order valence-electron chi connectivity index (χ4n) is 0. The number of hydrogen-bond donors (Lipinski definition) is 0. The Morgan fingerprint density at radius 3 is 0.471 bits per heavy atom. The van der Waals surface area contributed by atoms with E-state index in [2.05, 4.69) is 0 Å². The molecule has 0 aliphatic carbocycles. The van der Waals surface area contributed by atoms with E-state index in [1.807, 2.05) is 0 Å². The molecule has 0 saturated heterocycles. The molecule has 0 aromatic carbocycles. The second kappa shape index (κ2) is 25.2. The van der Waals surface area contributed by atoms with E-state index in [9.17, 15) is 0 Å². The van der Waals surface area contributed by atoms with Crippen LogP contribution < -0.4 is 0 Å². The van der Waals surface area contributed by atoms with Gasteiger partial charge in [0.05, 0.1) is 0 Å². The molecule has 0 unspecified atom stereocenters. The molecule has 0 spiro atoms. The minimum Gasteiger partial charge on any atom is -0.759 e. The van der Waals surface area contributed by atoms with Gasteiger partial charge >= 0.3 is 21.7 Å². The summed E-state index contributed by atoms with van der Waals surface area (Å²) in [5.41, 5.74) is 0. The molecular formula is H12O14S2Ti. The molecule has 0 amide bonds. The predicted molar refractivity (Wildman–Crippen MR) is 42.6 cm³/mol. The molecule has 17 heteroatoms. The van der Waals surface area contributed by atoms with Gasteiger partial charge in [-0.15, -0.1) is 0 Å². The normalized spacial score (nSPS) is 6.82. The van der Waals surface area contributed by atoms with E-state index in [1.165, 1.54) is 0 Å². The van der Waals surface area contributed by atoms with Crippen LogP contribution in [0.15, 0.2) is 0 Å². The molecule has 0 atom stereocenters. The fourth-order valence-corrected chi connectivity index (χ4v) is 0.